The number of hydrogen-bond acceptors (Lipinski definition) is 5. The lowest BCUT2D eigenvalue weighted by Crippen LogP contribution is -2.32. The van der Waals surface area contributed by atoms with Gasteiger partial charge in [0.05, 0.1) is 13.2 Å². The van der Waals surface area contributed by atoms with Crippen LogP contribution in [0.3, 0.4) is 0 Å². The highest BCUT2D eigenvalue weighted by Gasteiger charge is 2.32. The lowest BCUT2D eigenvalue weighted by atomic mass is 9.89. The summed E-state index contributed by atoms with van der Waals surface area (Å²) in [5.41, 5.74) is 1.55. The van der Waals surface area contributed by atoms with Crippen molar-refractivity contribution in [2.24, 2.45) is 0 Å². The Morgan fingerprint density at radius 2 is 2.17 bits per heavy atom. The molecular formula is C11H14N4O2S. The molecule has 0 aromatic carbocycles. The van der Waals surface area contributed by atoms with Crippen LogP contribution in [0.4, 0.5) is 0 Å². The van der Waals surface area contributed by atoms with Crippen LogP contribution in [0.15, 0.2) is 6.33 Å². The van der Waals surface area contributed by atoms with Crippen molar-refractivity contribution in [3.05, 3.63) is 11.1 Å². The molecule has 7 heteroatoms. The van der Waals surface area contributed by atoms with Gasteiger partial charge < -0.3 is 14.5 Å². The second-order valence-corrected chi connectivity index (χ2v) is 4.75. The fourth-order valence-corrected chi connectivity index (χ4v) is 2.69. The van der Waals surface area contributed by atoms with E-state index in [9.17, 15) is 0 Å². The van der Waals surface area contributed by atoms with Gasteiger partial charge in [0.1, 0.15) is 11.8 Å². The van der Waals surface area contributed by atoms with Crippen LogP contribution >= 0.6 is 12.2 Å². The summed E-state index contributed by atoms with van der Waals surface area (Å²) in [6.07, 6.45) is 3.74. The fraction of sp³-hybridized carbons (Fsp3) is 0.545. The third-order valence-corrected chi connectivity index (χ3v) is 3.73. The van der Waals surface area contributed by atoms with Gasteiger partial charge in [-0.25, -0.2) is 4.98 Å². The third-order valence-electron chi connectivity index (χ3n) is 3.43. The first-order chi connectivity index (χ1) is 8.74. The van der Waals surface area contributed by atoms with Gasteiger partial charge in [-0.3, -0.25) is 4.57 Å². The highest BCUT2D eigenvalue weighted by Crippen LogP contribution is 2.36. The smallest absolute Gasteiger partial charge is 0.242 e. The van der Waals surface area contributed by atoms with Gasteiger partial charge in [-0.05, 0) is 25.1 Å². The number of ether oxygens (including phenoxy) is 2. The highest BCUT2D eigenvalue weighted by molar-refractivity contribution is 7.71. The summed E-state index contributed by atoms with van der Waals surface area (Å²) in [5.74, 6) is 0.521. The van der Waals surface area contributed by atoms with Crippen LogP contribution in [0, 0.1) is 4.77 Å². The van der Waals surface area contributed by atoms with Crippen LogP contribution in [0.25, 0.3) is 11.2 Å². The van der Waals surface area contributed by atoms with Crippen LogP contribution < -0.4 is 4.74 Å². The lowest BCUT2D eigenvalue weighted by molar-refractivity contribution is 0.00683. The van der Waals surface area contributed by atoms with E-state index in [0.29, 0.717) is 22.8 Å². The molecule has 2 aromatic heterocycles. The SMILES string of the molecule is COc1ncnc2c1[nH]c(=S)n2C1CC(OC)C1. The highest BCUT2D eigenvalue weighted by atomic mass is 32.1. The molecule has 1 N–H and O–H groups in total. The van der Waals surface area contributed by atoms with Gasteiger partial charge in [-0.2, -0.15) is 4.98 Å². The summed E-state index contributed by atoms with van der Waals surface area (Å²) in [6, 6.07) is 0.343. The predicted octanol–water partition coefficient (Wildman–Crippen LogP) is 1.85. The molecule has 6 nitrogen and oxygen atoms in total. The molecule has 0 bridgehead atoms. The Kier molecular flexibility index (Phi) is 2.79. The maximum atomic E-state index is 5.36. The number of fused-ring (bicyclic) bond motifs is 1. The number of methoxy groups -OCH3 is 2. The average Bonchev–Trinajstić information content (AvgIpc) is 2.65. The van der Waals surface area contributed by atoms with Crippen LogP contribution in [0.2, 0.25) is 0 Å². The van der Waals surface area contributed by atoms with Crippen LogP contribution in [-0.4, -0.2) is 39.8 Å². The van der Waals surface area contributed by atoms with E-state index in [-0.39, 0.29) is 0 Å². The molecule has 0 spiro atoms. The number of aromatic nitrogens is 4. The third kappa shape index (κ3) is 1.62. The number of aromatic amines is 1. The predicted molar refractivity (Wildman–Crippen MR) is 68.3 cm³/mol. The van der Waals surface area contributed by atoms with Crippen molar-refractivity contribution in [2.75, 3.05) is 14.2 Å². The summed E-state index contributed by atoms with van der Waals surface area (Å²) >= 11 is 5.36. The zero-order valence-electron chi connectivity index (χ0n) is 10.2. The Morgan fingerprint density at radius 3 is 2.83 bits per heavy atom. The van der Waals surface area contributed by atoms with Crippen LogP contribution in [-0.2, 0) is 4.74 Å². The monoisotopic (exact) mass is 266 g/mol. The van der Waals surface area contributed by atoms with E-state index in [2.05, 4.69) is 15.0 Å². The molecule has 1 fully saturated rings. The molecule has 0 radical (unpaired) electrons. The van der Waals surface area contributed by atoms with E-state index in [4.69, 9.17) is 21.7 Å². The van der Waals surface area contributed by atoms with Gasteiger partial charge in [0.25, 0.3) is 0 Å². The maximum Gasteiger partial charge on any atom is 0.242 e. The molecule has 96 valence electrons. The van der Waals surface area contributed by atoms with E-state index in [0.717, 1.165) is 24.0 Å². The minimum absolute atomic E-state index is 0.325. The molecule has 0 saturated heterocycles. The van der Waals surface area contributed by atoms with Crippen molar-refractivity contribution in [2.45, 2.75) is 25.0 Å². The molecule has 3 rings (SSSR count). The van der Waals surface area contributed by atoms with Crippen molar-refractivity contribution in [3.63, 3.8) is 0 Å². The largest absolute Gasteiger partial charge is 0.479 e. The Hall–Kier alpha value is -1.47. The van der Waals surface area contributed by atoms with E-state index < -0.39 is 0 Å². The van der Waals surface area contributed by atoms with E-state index >= 15 is 0 Å². The first kappa shape index (κ1) is 11.6. The van der Waals surface area contributed by atoms with Gasteiger partial charge in [0, 0.05) is 13.2 Å². The minimum Gasteiger partial charge on any atom is -0.479 e. The molecule has 0 amide bonds. The maximum absolute atomic E-state index is 5.36. The number of nitrogens with one attached hydrogen (secondary N) is 1. The number of imidazole rings is 1. The Balaban J connectivity index is 2.07. The normalized spacial score (nSPS) is 23.0. The zero-order valence-corrected chi connectivity index (χ0v) is 11.0. The molecule has 1 aliphatic carbocycles. The summed E-state index contributed by atoms with van der Waals surface area (Å²) in [5, 5.41) is 0. The standard InChI is InChI=1S/C11H14N4O2S/c1-16-7-3-6(4-7)15-9-8(14-11(15)18)10(17-2)13-5-12-9/h5-7H,3-4H2,1-2H3,(H,14,18). The molecule has 2 heterocycles. The summed E-state index contributed by atoms with van der Waals surface area (Å²) in [4.78, 5) is 11.5. The zero-order chi connectivity index (χ0) is 12.7. The average molecular weight is 266 g/mol. The van der Waals surface area contributed by atoms with Crippen molar-refractivity contribution in [1.29, 1.82) is 0 Å². The fourth-order valence-electron chi connectivity index (χ4n) is 2.35. The quantitative estimate of drug-likeness (QED) is 0.859. The summed E-state index contributed by atoms with van der Waals surface area (Å²) in [6.45, 7) is 0. The topological polar surface area (TPSA) is 65.0 Å². The van der Waals surface area contributed by atoms with Crippen LogP contribution in [0.1, 0.15) is 18.9 Å². The van der Waals surface area contributed by atoms with E-state index in [1.807, 2.05) is 4.57 Å². The van der Waals surface area contributed by atoms with Crippen LogP contribution in [0.5, 0.6) is 5.88 Å². The minimum atomic E-state index is 0.325. The van der Waals surface area contributed by atoms with Gasteiger partial charge in [-0.15, -0.1) is 0 Å². The summed E-state index contributed by atoms with van der Waals surface area (Å²) < 4.78 is 13.2. The summed E-state index contributed by atoms with van der Waals surface area (Å²) in [7, 11) is 3.32. The molecule has 18 heavy (non-hydrogen) atoms. The second kappa shape index (κ2) is 4.33. The van der Waals surface area contributed by atoms with Gasteiger partial charge in [0.2, 0.25) is 5.88 Å². The van der Waals surface area contributed by atoms with E-state index in [1.165, 1.54) is 6.33 Å². The van der Waals surface area contributed by atoms with Gasteiger partial charge in [0.15, 0.2) is 10.4 Å². The van der Waals surface area contributed by atoms with Crippen molar-refractivity contribution in [1.82, 2.24) is 19.5 Å². The Bertz CT molecular complexity index is 629. The molecule has 0 unspecified atom stereocenters. The Labute approximate surface area is 109 Å². The molecule has 1 saturated carbocycles. The number of nitrogens with zero attached hydrogens (tertiary/aromatic N) is 3. The van der Waals surface area contributed by atoms with Crippen molar-refractivity contribution in [3.8, 4) is 5.88 Å². The molecule has 1 aliphatic rings. The first-order valence-electron chi connectivity index (χ1n) is 5.76. The van der Waals surface area contributed by atoms with Crippen molar-refractivity contribution >= 4 is 23.4 Å². The molecule has 0 atom stereocenters. The number of rotatable bonds is 3. The van der Waals surface area contributed by atoms with Gasteiger partial charge in [-0.1, -0.05) is 0 Å². The van der Waals surface area contributed by atoms with Gasteiger partial charge >= 0.3 is 0 Å². The van der Waals surface area contributed by atoms with E-state index in [1.54, 1.807) is 14.2 Å². The first-order valence-corrected chi connectivity index (χ1v) is 6.17. The Morgan fingerprint density at radius 1 is 1.39 bits per heavy atom. The second-order valence-electron chi connectivity index (χ2n) is 4.36. The number of H-pyrrole nitrogens is 1. The number of hydrogen-bond donors (Lipinski definition) is 1. The van der Waals surface area contributed by atoms with Crippen molar-refractivity contribution < 1.29 is 9.47 Å². The molecular weight excluding hydrogens is 252 g/mol. The molecule has 2 aromatic rings. The molecule has 0 aliphatic heterocycles. The lowest BCUT2D eigenvalue weighted by Gasteiger charge is -2.34.